The van der Waals surface area contributed by atoms with Gasteiger partial charge in [-0.25, -0.2) is 4.98 Å². The van der Waals surface area contributed by atoms with Crippen LogP contribution in [0.3, 0.4) is 0 Å². The number of nitrogens with zero attached hydrogens (tertiary/aromatic N) is 2. The van der Waals surface area contributed by atoms with Gasteiger partial charge in [-0.2, -0.15) is 0 Å². The number of amides is 1. The molecule has 0 atom stereocenters. The summed E-state index contributed by atoms with van der Waals surface area (Å²) in [6, 6.07) is 11.3. The quantitative estimate of drug-likeness (QED) is 0.735. The van der Waals surface area contributed by atoms with Gasteiger partial charge < -0.3 is 9.32 Å². The van der Waals surface area contributed by atoms with Crippen molar-refractivity contribution in [1.82, 2.24) is 9.88 Å². The molecule has 0 N–H and O–H groups in total. The second-order valence-electron chi connectivity index (χ2n) is 4.21. The molecule has 0 bridgehead atoms. The second kappa shape index (κ2) is 4.85. The third-order valence-corrected chi connectivity index (χ3v) is 3.81. The second-order valence-corrected chi connectivity index (χ2v) is 5.33. The van der Waals surface area contributed by atoms with Gasteiger partial charge in [0.25, 0.3) is 5.91 Å². The topological polar surface area (TPSA) is 46.3 Å². The number of para-hydroxylation sites is 1. The molecule has 3 aromatic rings. The lowest BCUT2D eigenvalue weighted by molar-refractivity contribution is 0.0753. The first kappa shape index (κ1) is 11.9. The first-order valence-corrected chi connectivity index (χ1v) is 6.69. The summed E-state index contributed by atoms with van der Waals surface area (Å²) in [7, 11) is 1.75. The van der Waals surface area contributed by atoms with Crippen LogP contribution in [0, 0.1) is 0 Å². The van der Waals surface area contributed by atoms with Crippen molar-refractivity contribution < 1.29 is 9.21 Å². The van der Waals surface area contributed by atoms with Crippen molar-refractivity contribution in [1.29, 1.82) is 0 Å². The highest BCUT2D eigenvalue weighted by molar-refractivity contribution is 7.18. The molecule has 1 aromatic carbocycles. The van der Waals surface area contributed by atoms with Gasteiger partial charge in [0.15, 0.2) is 5.76 Å². The molecule has 1 amide bonds. The molecule has 3 rings (SSSR count). The summed E-state index contributed by atoms with van der Waals surface area (Å²) >= 11 is 1.60. The Morgan fingerprint density at radius 2 is 2.16 bits per heavy atom. The molecule has 0 unspecified atom stereocenters. The SMILES string of the molecule is CN(Cc1nc2ccccc2s1)C(=O)c1ccco1. The molecule has 0 saturated carbocycles. The molecule has 0 radical (unpaired) electrons. The summed E-state index contributed by atoms with van der Waals surface area (Å²) in [5.41, 5.74) is 0.973. The lowest BCUT2D eigenvalue weighted by Crippen LogP contribution is -2.25. The van der Waals surface area contributed by atoms with E-state index in [4.69, 9.17) is 4.42 Å². The van der Waals surface area contributed by atoms with Crippen LogP contribution in [0.1, 0.15) is 15.6 Å². The Kier molecular flexibility index (Phi) is 3.05. The zero-order valence-electron chi connectivity index (χ0n) is 10.4. The van der Waals surface area contributed by atoms with Gasteiger partial charge in [-0.15, -0.1) is 11.3 Å². The molecule has 19 heavy (non-hydrogen) atoms. The lowest BCUT2D eigenvalue weighted by atomic mass is 10.3. The Morgan fingerprint density at radius 1 is 1.32 bits per heavy atom. The minimum Gasteiger partial charge on any atom is -0.459 e. The molecule has 96 valence electrons. The summed E-state index contributed by atoms with van der Waals surface area (Å²) in [5.74, 6) is 0.216. The van der Waals surface area contributed by atoms with Crippen LogP contribution < -0.4 is 0 Å². The first-order chi connectivity index (χ1) is 9.24. The van der Waals surface area contributed by atoms with Crippen LogP contribution in [0.2, 0.25) is 0 Å². The van der Waals surface area contributed by atoms with Crippen LogP contribution in [-0.2, 0) is 6.54 Å². The summed E-state index contributed by atoms with van der Waals surface area (Å²) in [6.07, 6.45) is 1.50. The maximum absolute atomic E-state index is 12.0. The fraction of sp³-hybridized carbons (Fsp3) is 0.143. The number of hydrogen-bond acceptors (Lipinski definition) is 4. The summed E-state index contributed by atoms with van der Waals surface area (Å²) in [6.45, 7) is 0.485. The molecule has 2 heterocycles. The number of fused-ring (bicyclic) bond motifs is 1. The van der Waals surface area contributed by atoms with E-state index in [1.54, 1.807) is 35.4 Å². The van der Waals surface area contributed by atoms with E-state index in [2.05, 4.69) is 4.98 Å². The predicted molar refractivity (Wildman–Crippen MR) is 74.1 cm³/mol. The van der Waals surface area contributed by atoms with Gasteiger partial charge in [0, 0.05) is 7.05 Å². The standard InChI is InChI=1S/C14H12N2O2S/c1-16(14(17)11-6-4-8-18-11)9-13-15-10-5-2-3-7-12(10)19-13/h2-8H,9H2,1H3. The monoisotopic (exact) mass is 272 g/mol. The van der Waals surface area contributed by atoms with Gasteiger partial charge in [-0.05, 0) is 24.3 Å². The molecule has 2 aromatic heterocycles. The van der Waals surface area contributed by atoms with Crippen molar-refractivity contribution in [3.05, 3.63) is 53.4 Å². The number of carbonyl (C=O) groups excluding carboxylic acids is 1. The normalized spacial score (nSPS) is 10.8. The van der Waals surface area contributed by atoms with E-state index >= 15 is 0 Å². The van der Waals surface area contributed by atoms with E-state index in [0.29, 0.717) is 12.3 Å². The fourth-order valence-corrected chi connectivity index (χ4v) is 2.87. The Hall–Kier alpha value is -2.14. The van der Waals surface area contributed by atoms with E-state index < -0.39 is 0 Å². The number of rotatable bonds is 3. The van der Waals surface area contributed by atoms with Crippen molar-refractivity contribution in [3.8, 4) is 0 Å². The Labute approximate surface area is 114 Å². The lowest BCUT2D eigenvalue weighted by Gasteiger charge is -2.13. The maximum Gasteiger partial charge on any atom is 0.289 e. The Balaban J connectivity index is 1.79. The first-order valence-electron chi connectivity index (χ1n) is 5.87. The minimum absolute atomic E-state index is 0.135. The number of furan rings is 1. The van der Waals surface area contributed by atoms with Crippen molar-refractivity contribution in [2.24, 2.45) is 0 Å². The molecule has 4 nitrogen and oxygen atoms in total. The average molecular weight is 272 g/mol. The van der Waals surface area contributed by atoms with E-state index in [-0.39, 0.29) is 5.91 Å². The van der Waals surface area contributed by atoms with Gasteiger partial charge in [0.2, 0.25) is 0 Å². The van der Waals surface area contributed by atoms with Crippen molar-refractivity contribution in [3.63, 3.8) is 0 Å². The number of benzene rings is 1. The highest BCUT2D eigenvalue weighted by Gasteiger charge is 2.16. The maximum atomic E-state index is 12.0. The molecular weight excluding hydrogens is 260 g/mol. The van der Waals surface area contributed by atoms with Gasteiger partial charge >= 0.3 is 0 Å². The van der Waals surface area contributed by atoms with Crippen LogP contribution in [0.15, 0.2) is 47.1 Å². The van der Waals surface area contributed by atoms with E-state index in [0.717, 1.165) is 15.2 Å². The van der Waals surface area contributed by atoms with E-state index in [1.807, 2.05) is 24.3 Å². The number of thiazole rings is 1. The number of carbonyl (C=O) groups is 1. The average Bonchev–Trinajstić information content (AvgIpc) is 3.06. The summed E-state index contributed by atoms with van der Waals surface area (Å²) < 4.78 is 6.24. The molecule has 0 fully saturated rings. The van der Waals surface area contributed by atoms with Crippen LogP contribution in [0.5, 0.6) is 0 Å². The highest BCUT2D eigenvalue weighted by atomic mass is 32.1. The highest BCUT2D eigenvalue weighted by Crippen LogP contribution is 2.22. The van der Waals surface area contributed by atoms with Gasteiger partial charge in [-0.3, -0.25) is 4.79 Å². The molecular formula is C14H12N2O2S. The van der Waals surface area contributed by atoms with Gasteiger partial charge in [-0.1, -0.05) is 12.1 Å². The van der Waals surface area contributed by atoms with E-state index in [9.17, 15) is 4.79 Å². The zero-order valence-corrected chi connectivity index (χ0v) is 11.2. The largest absolute Gasteiger partial charge is 0.459 e. The zero-order chi connectivity index (χ0) is 13.2. The third kappa shape index (κ3) is 2.37. The molecule has 0 aliphatic carbocycles. The van der Waals surface area contributed by atoms with Crippen LogP contribution in [-0.4, -0.2) is 22.8 Å². The molecule has 0 saturated heterocycles. The molecule has 0 spiro atoms. The van der Waals surface area contributed by atoms with Crippen molar-refractivity contribution >= 4 is 27.5 Å². The predicted octanol–water partition coefficient (Wildman–Crippen LogP) is 3.16. The fourth-order valence-electron chi connectivity index (χ4n) is 1.85. The van der Waals surface area contributed by atoms with Gasteiger partial charge in [0.05, 0.1) is 23.0 Å². The number of aromatic nitrogens is 1. The van der Waals surface area contributed by atoms with Gasteiger partial charge in [0.1, 0.15) is 5.01 Å². The van der Waals surface area contributed by atoms with Crippen LogP contribution in [0.25, 0.3) is 10.2 Å². The minimum atomic E-state index is -0.135. The molecule has 0 aliphatic heterocycles. The molecule has 0 aliphatic rings. The van der Waals surface area contributed by atoms with Crippen molar-refractivity contribution in [2.75, 3.05) is 7.05 Å². The van der Waals surface area contributed by atoms with Crippen LogP contribution >= 0.6 is 11.3 Å². The Bertz CT molecular complexity index is 670. The smallest absolute Gasteiger partial charge is 0.289 e. The number of hydrogen-bond donors (Lipinski definition) is 0. The summed E-state index contributed by atoms with van der Waals surface area (Å²) in [5, 5.41) is 0.920. The van der Waals surface area contributed by atoms with Crippen LogP contribution in [0.4, 0.5) is 0 Å². The van der Waals surface area contributed by atoms with E-state index in [1.165, 1.54) is 6.26 Å². The van der Waals surface area contributed by atoms with Crippen molar-refractivity contribution in [2.45, 2.75) is 6.54 Å². The summed E-state index contributed by atoms with van der Waals surface area (Å²) in [4.78, 5) is 18.2. The molecule has 5 heteroatoms. The Morgan fingerprint density at radius 3 is 2.89 bits per heavy atom. The third-order valence-electron chi connectivity index (χ3n) is 2.79.